The predicted molar refractivity (Wildman–Crippen MR) is 127 cm³/mol. The van der Waals surface area contributed by atoms with Crippen LogP contribution in [0.1, 0.15) is 61.5 Å². The minimum absolute atomic E-state index is 0.0539. The smallest absolute Gasteiger partial charge is 0.387 e. The number of amides is 1. The van der Waals surface area contributed by atoms with E-state index >= 15 is 0 Å². The zero-order valence-corrected chi connectivity index (χ0v) is 19.5. The standard InChI is InChI=1S/C24H28F2N6O3/c1-3-32-22-19(13-28-32)21(30-16-6-8-17(31-34)9-7-16)20(12-27-22)23(33)29-14(2)15-4-10-18(11-5-15)35-24(25)26/h4-5,10-14,16,24,34H,3,6-9H2,1-2H3,(H,27,30)(H,29,33). The molecule has 1 aliphatic rings. The summed E-state index contributed by atoms with van der Waals surface area (Å²) in [7, 11) is 0. The molecule has 2 heterocycles. The van der Waals surface area contributed by atoms with Gasteiger partial charge in [0.25, 0.3) is 5.91 Å². The lowest BCUT2D eigenvalue weighted by atomic mass is 9.93. The number of benzene rings is 1. The molecule has 9 nitrogen and oxygen atoms in total. The van der Waals surface area contributed by atoms with Gasteiger partial charge < -0.3 is 20.6 Å². The number of aryl methyl sites for hydroxylation is 1. The van der Waals surface area contributed by atoms with Crippen molar-refractivity contribution in [1.82, 2.24) is 20.1 Å². The third kappa shape index (κ3) is 5.50. The van der Waals surface area contributed by atoms with Crippen LogP contribution in [-0.2, 0) is 6.54 Å². The number of rotatable bonds is 8. The topological polar surface area (TPSA) is 114 Å². The highest BCUT2D eigenvalue weighted by atomic mass is 19.3. The summed E-state index contributed by atoms with van der Waals surface area (Å²) in [6.45, 7) is 1.53. The van der Waals surface area contributed by atoms with E-state index in [1.54, 1.807) is 29.2 Å². The molecule has 1 atom stereocenters. The number of halogens is 2. The van der Waals surface area contributed by atoms with Crippen LogP contribution in [0.5, 0.6) is 5.75 Å². The number of hydrogen-bond donors (Lipinski definition) is 3. The largest absolute Gasteiger partial charge is 0.435 e. The van der Waals surface area contributed by atoms with Gasteiger partial charge >= 0.3 is 6.61 Å². The molecule has 1 unspecified atom stereocenters. The second kappa shape index (κ2) is 10.7. The van der Waals surface area contributed by atoms with Crippen molar-refractivity contribution < 1.29 is 23.5 Å². The van der Waals surface area contributed by atoms with Gasteiger partial charge in [0.15, 0.2) is 5.65 Å². The number of alkyl halides is 2. The Hall–Kier alpha value is -3.76. The molecule has 4 rings (SSSR count). The second-order valence-electron chi connectivity index (χ2n) is 8.47. The monoisotopic (exact) mass is 486 g/mol. The van der Waals surface area contributed by atoms with Crippen LogP contribution in [0.4, 0.5) is 14.5 Å². The highest BCUT2D eigenvalue weighted by Crippen LogP contribution is 2.30. The number of nitrogens with zero attached hydrogens (tertiary/aromatic N) is 4. The van der Waals surface area contributed by atoms with Gasteiger partial charge in [-0.1, -0.05) is 17.3 Å². The normalized spacial score (nSPS) is 16.8. The molecule has 1 aromatic carbocycles. The van der Waals surface area contributed by atoms with Crippen molar-refractivity contribution in [3.05, 3.63) is 47.8 Å². The lowest BCUT2D eigenvalue weighted by molar-refractivity contribution is -0.0498. The maximum atomic E-state index is 13.3. The number of aromatic nitrogens is 3. The summed E-state index contributed by atoms with van der Waals surface area (Å²) in [5.41, 5.74) is 3.25. The molecule has 0 radical (unpaired) electrons. The van der Waals surface area contributed by atoms with Gasteiger partial charge in [-0.05, 0) is 57.2 Å². The second-order valence-corrected chi connectivity index (χ2v) is 8.47. The van der Waals surface area contributed by atoms with E-state index in [9.17, 15) is 13.6 Å². The van der Waals surface area contributed by atoms with Crippen LogP contribution >= 0.6 is 0 Å². The van der Waals surface area contributed by atoms with Crippen molar-refractivity contribution in [2.45, 2.75) is 64.8 Å². The molecule has 11 heteroatoms. The van der Waals surface area contributed by atoms with E-state index in [2.05, 4.69) is 30.6 Å². The molecular formula is C24H28F2N6O3. The summed E-state index contributed by atoms with van der Waals surface area (Å²) in [5.74, 6) is -0.266. The van der Waals surface area contributed by atoms with Crippen molar-refractivity contribution in [1.29, 1.82) is 0 Å². The van der Waals surface area contributed by atoms with Gasteiger partial charge in [-0.2, -0.15) is 13.9 Å². The summed E-state index contributed by atoms with van der Waals surface area (Å²) in [6.07, 6.45) is 6.16. The van der Waals surface area contributed by atoms with Gasteiger partial charge in [0.05, 0.1) is 34.6 Å². The first-order valence-corrected chi connectivity index (χ1v) is 11.6. The molecule has 0 spiro atoms. The molecule has 3 N–H and O–H groups in total. The van der Waals surface area contributed by atoms with E-state index < -0.39 is 6.61 Å². The summed E-state index contributed by atoms with van der Waals surface area (Å²) in [6, 6.07) is 5.87. The number of ether oxygens (including phenoxy) is 1. The van der Waals surface area contributed by atoms with Crippen molar-refractivity contribution in [2.75, 3.05) is 5.32 Å². The van der Waals surface area contributed by atoms with E-state index in [1.807, 2.05) is 13.8 Å². The van der Waals surface area contributed by atoms with E-state index in [4.69, 9.17) is 5.21 Å². The fourth-order valence-corrected chi connectivity index (χ4v) is 4.28. The number of fused-ring (bicyclic) bond motifs is 1. The Labute approximate surface area is 201 Å². The molecule has 35 heavy (non-hydrogen) atoms. The van der Waals surface area contributed by atoms with Crippen molar-refractivity contribution >= 4 is 28.3 Å². The number of oxime groups is 1. The average molecular weight is 487 g/mol. The summed E-state index contributed by atoms with van der Waals surface area (Å²) in [5, 5.41) is 24.0. The lowest BCUT2D eigenvalue weighted by Gasteiger charge is -2.26. The Balaban J connectivity index is 1.57. The van der Waals surface area contributed by atoms with Crippen molar-refractivity contribution in [2.24, 2.45) is 5.16 Å². The van der Waals surface area contributed by atoms with Crippen molar-refractivity contribution in [3.63, 3.8) is 0 Å². The third-order valence-electron chi connectivity index (χ3n) is 6.22. The van der Waals surface area contributed by atoms with Gasteiger partial charge in [-0.25, -0.2) is 9.67 Å². The maximum Gasteiger partial charge on any atom is 0.387 e. The van der Waals surface area contributed by atoms with Crippen molar-refractivity contribution in [3.8, 4) is 5.75 Å². The van der Waals surface area contributed by atoms with Crippen LogP contribution in [0.25, 0.3) is 11.0 Å². The molecule has 0 bridgehead atoms. The molecule has 2 aromatic heterocycles. The zero-order valence-electron chi connectivity index (χ0n) is 19.5. The first-order valence-electron chi connectivity index (χ1n) is 11.6. The minimum Gasteiger partial charge on any atom is -0.435 e. The van der Waals surface area contributed by atoms with Crippen LogP contribution in [0.2, 0.25) is 0 Å². The van der Waals surface area contributed by atoms with Gasteiger partial charge in [0.1, 0.15) is 5.75 Å². The van der Waals surface area contributed by atoms with E-state index in [0.29, 0.717) is 36.3 Å². The lowest BCUT2D eigenvalue weighted by Crippen LogP contribution is -2.30. The molecule has 3 aromatic rings. The van der Waals surface area contributed by atoms with Crippen LogP contribution in [0, 0.1) is 0 Å². The van der Waals surface area contributed by atoms with E-state index in [-0.39, 0.29) is 23.7 Å². The number of anilines is 1. The van der Waals surface area contributed by atoms with Gasteiger partial charge in [0, 0.05) is 18.8 Å². The number of nitrogens with one attached hydrogen (secondary N) is 2. The molecule has 0 aliphatic heterocycles. The molecule has 1 fully saturated rings. The summed E-state index contributed by atoms with van der Waals surface area (Å²) in [4.78, 5) is 17.8. The van der Waals surface area contributed by atoms with Gasteiger partial charge in [0.2, 0.25) is 0 Å². The highest BCUT2D eigenvalue weighted by molar-refractivity contribution is 6.06. The Morgan fingerprint density at radius 3 is 2.60 bits per heavy atom. The molecule has 0 saturated heterocycles. The number of carbonyl (C=O) groups excluding carboxylic acids is 1. The first-order chi connectivity index (χ1) is 16.9. The molecule has 1 aliphatic carbocycles. The van der Waals surface area contributed by atoms with Crippen LogP contribution in [0.15, 0.2) is 41.8 Å². The van der Waals surface area contributed by atoms with Crippen LogP contribution < -0.4 is 15.4 Å². The van der Waals surface area contributed by atoms with E-state index in [0.717, 1.165) is 29.5 Å². The fourth-order valence-electron chi connectivity index (χ4n) is 4.28. The molecular weight excluding hydrogens is 458 g/mol. The molecule has 1 saturated carbocycles. The number of hydrogen-bond acceptors (Lipinski definition) is 7. The van der Waals surface area contributed by atoms with E-state index in [1.165, 1.54) is 12.1 Å². The Kier molecular flexibility index (Phi) is 7.42. The summed E-state index contributed by atoms with van der Waals surface area (Å²) < 4.78 is 31.0. The summed E-state index contributed by atoms with van der Waals surface area (Å²) >= 11 is 0. The zero-order chi connectivity index (χ0) is 24.9. The number of pyridine rings is 1. The Bertz CT molecular complexity index is 1200. The SMILES string of the molecule is CCn1ncc2c(NC3CCC(=NO)CC3)c(C(=O)NC(C)c3ccc(OC(F)F)cc3)cnc21. The van der Waals surface area contributed by atoms with Gasteiger partial charge in [-0.15, -0.1) is 0 Å². The highest BCUT2D eigenvalue weighted by Gasteiger charge is 2.24. The predicted octanol–water partition coefficient (Wildman–Crippen LogP) is 4.73. The maximum absolute atomic E-state index is 13.3. The quantitative estimate of drug-likeness (QED) is 0.313. The minimum atomic E-state index is -2.89. The number of carbonyl (C=O) groups is 1. The molecule has 1 amide bonds. The Morgan fingerprint density at radius 1 is 1.26 bits per heavy atom. The Morgan fingerprint density at radius 2 is 1.97 bits per heavy atom. The molecule has 186 valence electrons. The van der Waals surface area contributed by atoms with Gasteiger partial charge in [-0.3, -0.25) is 4.79 Å². The van der Waals surface area contributed by atoms with Crippen LogP contribution in [-0.4, -0.2) is 44.2 Å². The van der Waals surface area contributed by atoms with Crippen LogP contribution in [0.3, 0.4) is 0 Å². The average Bonchev–Trinajstić information content (AvgIpc) is 3.28. The third-order valence-corrected chi connectivity index (χ3v) is 6.22. The first kappa shape index (κ1) is 24.4. The fraction of sp³-hybridized carbons (Fsp3) is 0.417.